The van der Waals surface area contributed by atoms with E-state index in [4.69, 9.17) is 11.6 Å². The van der Waals surface area contributed by atoms with E-state index in [9.17, 15) is 14.9 Å². The van der Waals surface area contributed by atoms with E-state index < -0.39 is 4.92 Å². The summed E-state index contributed by atoms with van der Waals surface area (Å²) in [6.45, 7) is 0.214. The Labute approximate surface area is 123 Å². The predicted molar refractivity (Wildman–Crippen MR) is 77.5 cm³/mol. The van der Waals surface area contributed by atoms with Crippen LogP contribution in [-0.2, 0) is 6.54 Å². The lowest BCUT2D eigenvalue weighted by molar-refractivity contribution is -0.384. The van der Waals surface area contributed by atoms with E-state index in [1.165, 1.54) is 34.8 Å². The number of nitro benzene ring substituents is 1. The number of hydrogen-bond donors (Lipinski definition) is 0. The summed E-state index contributed by atoms with van der Waals surface area (Å²) in [6, 6.07) is 5.95. The summed E-state index contributed by atoms with van der Waals surface area (Å²) < 4.78 is 1.23. The Hall–Kier alpha value is -1.86. The number of aromatic nitrogens is 2. The molecule has 0 unspecified atom stereocenters. The van der Waals surface area contributed by atoms with Gasteiger partial charge >= 0.3 is 0 Å². The molecule has 0 N–H and O–H groups in total. The molecule has 104 valence electrons. The molecule has 1 heterocycles. The molecule has 0 amide bonds. The fourth-order valence-corrected chi connectivity index (χ4v) is 2.40. The van der Waals surface area contributed by atoms with Crippen LogP contribution < -0.4 is 5.56 Å². The van der Waals surface area contributed by atoms with E-state index in [0.29, 0.717) is 4.90 Å². The molecule has 20 heavy (non-hydrogen) atoms. The van der Waals surface area contributed by atoms with Gasteiger partial charge in [-0.1, -0.05) is 23.7 Å². The molecule has 0 radical (unpaired) electrons. The van der Waals surface area contributed by atoms with Gasteiger partial charge in [0.2, 0.25) is 0 Å². The maximum Gasteiger partial charge on any atom is 0.286 e. The molecule has 2 rings (SSSR count). The molecule has 1 aromatic heterocycles. The van der Waals surface area contributed by atoms with Crippen molar-refractivity contribution in [3.8, 4) is 0 Å². The molecule has 0 aliphatic heterocycles. The van der Waals surface area contributed by atoms with Gasteiger partial charge < -0.3 is 0 Å². The van der Waals surface area contributed by atoms with Crippen molar-refractivity contribution in [2.24, 2.45) is 0 Å². The average molecular weight is 312 g/mol. The fraction of sp³-hybridized carbons (Fsp3) is 0.167. The van der Waals surface area contributed by atoms with Gasteiger partial charge in [0.15, 0.2) is 0 Å². The molecule has 0 spiro atoms. The van der Waals surface area contributed by atoms with Crippen molar-refractivity contribution in [1.82, 2.24) is 9.78 Å². The van der Waals surface area contributed by atoms with E-state index in [1.807, 2.05) is 6.26 Å². The number of nitro groups is 1. The lowest BCUT2D eigenvalue weighted by Gasteiger charge is -2.06. The number of rotatable bonds is 4. The van der Waals surface area contributed by atoms with Crippen molar-refractivity contribution in [2.75, 3.05) is 6.26 Å². The summed E-state index contributed by atoms with van der Waals surface area (Å²) in [7, 11) is 0. The van der Waals surface area contributed by atoms with Crippen molar-refractivity contribution in [3.63, 3.8) is 0 Å². The minimum atomic E-state index is -0.474. The standard InChI is InChI=1S/C12H10ClN3O3S/c1-20-10-6-14-15(12(17)11(10)13)7-8-2-4-9(5-3-8)16(18)19/h2-6H,7H2,1H3. The lowest BCUT2D eigenvalue weighted by Crippen LogP contribution is -2.24. The van der Waals surface area contributed by atoms with E-state index in [1.54, 1.807) is 12.1 Å². The zero-order valence-electron chi connectivity index (χ0n) is 10.4. The number of nitrogens with zero attached hydrogens (tertiary/aromatic N) is 3. The Kier molecular flexibility index (Phi) is 4.41. The van der Waals surface area contributed by atoms with Crippen molar-refractivity contribution < 1.29 is 4.92 Å². The molecular formula is C12H10ClN3O3S. The van der Waals surface area contributed by atoms with Crippen molar-refractivity contribution >= 4 is 29.1 Å². The smallest absolute Gasteiger partial charge is 0.266 e. The van der Waals surface area contributed by atoms with Crippen molar-refractivity contribution in [3.05, 3.63) is 61.5 Å². The van der Waals surface area contributed by atoms with Crippen LogP contribution in [0.15, 0.2) is 40.2 Å². The molecule has 0 atom stereocenters. The van der Waals surface area contributed by atoms with Gasteiger partial charge in [0.25, 0.3) is 11.2 Å². The van der Waals surface area contributed by atoms with E-state index in [2.05, 4.69) is 5.10 Å². The van der Waals surface area contributed by atoms with Crippen molar-refractivity contribution in [2.45, 2.75) is 11.4 Å². The Balaban J connectivity index is 2.28. The van der Waals surface area contributed by atoms with Gasteiger partial charge in [-0.3, -0.25) is 14.9 Å². The number of halogens is 1. The second kappa shape index (κ2) is 6.06. The number of non-ortho nitro benzene ring substituents is 1. The highest BCUT2D eigenvalue weighted by molar-refractivity contribution is 7.98. The Morgan fingerprint density at radius 3 is 2.60 bits per heavy atom. The second-order valence-corrected chi connectivity index (χ2v) is 5.14. The van der Waals surface area contributed by atoms with Gasteiger partial charge in [0.05, 0.1) is 22.6 Å². The normalized spacial score (nSPS) is 10.5. The first-order valence-corrected chi connectivity index (χ1v) is 7.16. The van der Waals surface area contributed by atoms with Gasteiger partial charge in [-0.05, 0) is 11.8 Å². The minimum Gasteiger partial charge on any atom is -0.266 e. The predicted octanol–water partition coefficient (Wildman–Crippen LogP) is 2.58. The molecule has 0 fully saturated rings. The monoisotopic (exact) mass is 311 g/mol. The molecule has 0 aliphatic rings. The van der Waals surface area contributed by atoms with Crippen LogP contribution in [0.2, 0.25) is 5.02 Å². The second-order valence-electron chi connectivity index (χ2n) is 3.91. The van der Waals surface area contributed by atoms with Gasteiger partial charge in [-0.2, -0.15) is 5.10 Å². The molecule has 1 aromatic carbocycles. The SMILES string of the molecule is CSc1cnn(Cc2ccc([N+](=O)[O-])cc2)c(=O)c1Cl. The summed E-state index contributed by atoms with van der Waals surface area (Å²) in [6.07, 6.45) is 3.34. The molecule has 0 aliphatic carbocycles. The Morgan fingerprint density at radius 2 is 2.05 bits per heavy atom. The highest BCUT2D eigenvalue weighted by atomic mass is 35.5. The topological polar surface area (TPSA) is 78.0 Å². The van der Waals surface area contributed by atoms with Crippen LogP contribution >= 0.6 is 23.4 Å². The van der Waals surface area contributed by atoms with Gasteiger partial charge in [-0.15, -0.1) is 11.8 Å². The highest BCUT2D eigenvalue weighted by Gasteiger charge is 2.10. The minimum absolute atomic E-state index is 0.00446. The summed E-state index contributed by atoms with van der Waals surface area (Å²) in [5.74, 6) is 0. The first-order valence-electron chi connectivity index (χ1n) is 5.56. The quantitative estimate of drug-likeness (QED) is 0.492. The maximum absolute atomic E-state index is 12.0. The Morgan fingerprint density at radius 1 is 1.40 bits per heavy atom. The number of benzene rings is 1. The molecule has 8 heteroatoms. The molecule has 0 saturated carbocycles. The van der Waals surface area contributed by atoms with Gasteiger partial charge in [-0.25, -0.2) is 4.68 Å². The Bertz CT molecular complexity index is 700. The fourth-order valence-electron chi connectivity index (χ4n) is 1.60. The summed E-state index contributed by atoms with van der Waals surface area (Å²) >= 11 is 7.30. The summed E-state index contributed by atoms with van der Waals surface area (Å²) in [4.78, 5) is 22.7. The van der Waals surface area contributed by atoms with Crippen LogP contribution in [0.1, 0.15) is 5.56 Å². The van der Waals surface area contributed by atoms with Gasteiger partial charge in [0.1, 0.15) is 5.02 Å². The third-order valence-electron chi connectivity index (χ3n) is 2.65. The number of hydrogen-bond acceptors (Lipinski definition) is 5. The first kappa shape index (κ1) is 14.5. The molecule has 6 nitrogen and oxygen atoms in total. The largest absolute Gasteiger partial charge is 0.286 e. The third kappa shape index (κ3) is 3.00. The van der Waals surface area contributed by atoms with Crippen LogP contribution in [0, 0.1) is 10.1 Å². The van der Waals surface area contributed by atoms with E-state index in [-0.39, 0.29) is 22.8 Å². The lowest BCUT2D eigenvalue weighted by atomic mass is 10.2. The van der Waals surface area contributed by atoms with E-state index in [0.717, 1.165) is 5.56 Å². The van der Waals surface area contributed by atoms with Gasteiger partial charge in [0, 0.05) is 12.1 Å². The molecule has 0 saturated heterocycles. The van der Waals surface area contributed by atoms with Crippen LogP contribution in [0.4, 0.5) is 5.69 Å². The van der Waals surface area contributed by atoms with Crippen molar-refractivity contribution in [1.29, 1.82) is 0 Å². The number of thioether (sulfide) groups is 1. The average Bonchev–Trinajstić information content (AvgIpc) is 2.45. The van der Waals surface area contributed by atoms with Crippen LogP contribution in [-0.4, -0.2) is 21.0 Å². The zero-order valence-corrected chi connectivity index (χ0v) is 12.0. The maximum atomic E-state index is 12.0. The summed E-state index contributed by atoms with van der Waals surface area (Å²) in [5.41, 5.74) is 0.361. The zero-order chi connectivity index (χ0) is 14.7. The first-order chi connectivity index (χ1) is 9.52. The van der Waals surface area contributed by atoms with Crippen LogP contribution in [0.3, 0.4) is 0 Å². The molecule has 2 aromatic rings. The highest BCUT2D eigenvalue weighted by Crippen LogP contribution is 2.20. The van der Waals surface area contributed by atoms with E-state index >= 15 is 0 Å². The third-order valence-corrected chi connectivity index (χ3v) is 3.88. The van der Waals surface area contributed by atoms with Crippen LogP contribution in [0.25, 0.3) is 0 Å². The summed E-state index contributed by atoms with van der Waals surface area (Å²) in [5, 5.41) is 14.7. The molecule has 0 bridgehead atoms. The molecular weight excluding hydrogens is 302 g/mol. The van der Waals surface area contributed by atoms with Crippen LogP contribution in [0.5, 0.6) is 0 Å².